The molecule has 0 saturated carbocycles. The minimum Gasteiger partial charge on any atom is -0.347 e. The molecule has 3 aromatic carbocycles. The van der Waals surface area contributed by atoms with Gasteiger partial charge < -0.3 is 15.2 Å². The molecule has 0 bridgehead atoms. The molecule has 1 saturated heterocycles. The predicted molar refractivity (Wildman–Crippen MR) is 153 cm³/mol. The molecule has 1 aliphatic heterocycles. The van der Waals surface area contributed by atoms with Gasteiger partial charge in [-0.1, -0.05) is 54.6 Å². The van der Waals surface area contributed by atoms with E-state index in [1.54, 1.807) is 18.6 Å². The fraction of sp³-hybridized carbons (Fsp3) is 0.312. The highest BCUT2D eigenvalue weighted by atomic mass is 19.4. The van der Waals surface area contributed by atoms with Crippen LogP contribution in [0.5, 0.6) is 0 Å². The Balaban J connectivity index is 1.39. The lowest BCUT2D eigenvalue weighted by Crippen LogP contribution is -2.49. The van der Waals surface area contributed by atoms with Gasteiger partial charge in [0.1, 0.15) is 0 Å². The van der Waals surface area contributed by atoms with Crippen LogP contribution in [0.3, 0.4) is 0 Å². The standard InChI is InChI=1S/C32H34F3N5O/c1-22-8-6-7-9-25(22)20-40(31(41)38-26-10-4-3-5-11-26)27-14-16-39(17-15-27)30(29-19-36-21-37-29)24-13-12-23(2)28(18-24)32(33,34)35/h3-13,18-19,21,27,30H,14-17,20H2,1-2H3,(H,36,37)(H,38,41). The molecule has 214 valence electrons. The number of anilines is 1. The Morgan fingerprint density at radius 3 is 2.39 bits per heavy atom. The SMILES string of the molecule is Cc1ccccc1CN(C(=O)Nc1ccccc1)C1CCN(C(c2ccc(C)c(C(F)(F)F)c2)c2cnc[nH]2)CC1. The van der Waals surface area contributed by atoms with Crippen molar-refractivity contribution in [2.45, 2.75) is 51.5 Å². The Bertz CT molecular complexity index is 1450. The van der Waals surface area contributed by atoms with Crippen LogP contribution in [-0.2, 0) is 12.7 Å². The van der Waals surface area contributed by atoms with E-state index in [2.05, 4.69) is 20.2 Å². The summed E-state index contributed by atoms with van der Waals surface area (Å²) in [5.74, 6) is 0. The Morgan fingerprint density at radius 1 is 1.02 bits per heavy atom. The molecule has 0 spiro atoms. The second kappa shape index (κ2) is 12.2. The number of amides is 2. The van der Waals surface area contributed by atoms with Crippen LogP contribution in [-0.4, -0.2) is 44.9 Å². The predicted octanol–water partition coefficient (Wildman–Crippen LogP) is 7.33. The molecule has 1 unspecified atom stereocenters. The maximum atomic E-state index is 13.8. The van der Waals surface area contributed by atoms with Crippen molar-refractivity contribution in [1.29, 1.82) is 0 Å². The molecule has 6 nitrogen and oxygen atoms in total. The summed E-state index contributed by atoms with van der Waals surface area (Å²) in [6, 6.07) is 21.3. The molecule has 4 aromatic rings. The van der Waals surface area contributed by atoms with Crippen LogP contribution in [0.25, 0.3) is 0 Å². The van der Waals surface area contributed by atoms with Crippen molar-refractivity contribution < 1.29 is 18.0 Å². The van der Waals surface area contributed by atoms with Gasteiger partial charge >= 0.3 is 12.2 Å². The fourth-order valence-electron chi connectivity index (χ4n) is 5.63. The molecule has 41 heavy (non-hydrogen) atoms. The molecule has 2 N–H and O–H groups in total. The number of aromatic nitrogens is 2. The second-order valence-corrected chi connectivity index (χ2v) is 10.6. The summed E-state index contributed by atoms with van der Waals surface area (Å²) in [7, 11) is 0. The number of halogens is 3. The lowest BCUT2D eigenvalue weighted by atomic mass is 9.94. The van der Waals surface area contributed by atoms with Gasteiger partial charge in [-0.25, -0.2) is 9.78 Å². The van der Waals surface area contributed by atoms with Crippen LogP contribution in [0.2, 0.25) is 0 Å². The van der Waals surface area contributed by atoms with E-state index in [0.29, 0.717) is 38.0 Å². The number of benzene rings is 3. The summed E-state index contributed by atoms with van der Waals surface area (Å²) >= 11 is 0. The van der Waals surface area contributed by atoms with E-state index in [0.717, 1.165) is 22.5 Å². The van der Waals surface area contributed by atoms with Crippen molar-refractivity contribution in [2.24, 2.45) is 0 Å². The van der Waals surface area contributed by atoms with Crippen molar-refractivity contribution in [3.05, 3.63) is 119 Å². The molecular formula is C32H34F3N5O. The largest absolute Gasteiger partial charge is 0.416 e. The van der Waals surface area contributed by atoms with E-state index in [1.165, 1.54) is 19.1 Å². The second-order valence-electron chi connectivity index (χ2n) is 10.6. The molecule has 9 heteroatoms. The van der Waals surface area contributed by atoms with Gasteiger partial charge in [0.25, 0.3) is 0 Å². The number of aromatic amines is 1. The zero-order valence-electron chi connectivity index (χ0n) is 23.2. The lowest BCUT2D eigenvalue weighted by Gasteiger charge is -2.41. The highest BCUT2D eigenvalue weighted by Crippen LogP contribution is 2.37. The van der Waals surface area contributed by atoms with Crippen molar-refractivity contribution >= 4 is 11.7 Å². The zero-order valence-corrected chi connectivity index (χ0v) is 23.2. The van der Waals surface area contributed by atoms with Gasteiger partial charge in [-0.05, 0) is 67.1 Å². The number of likely N-dealkylation sites (tertiary alicyclic amines) is 1. The molecule has 5 rings (SSSR count). The fourth-order valence-corrected chi connectivity index (χ4v) is 5.63. The number of piperidine rings is 1. The average molecular weight is 562 g/mol. The van der Waals surface area contributed by atoms with Crippen LogP contribution >= 0.6 is 0 Å². The summed E-state index contributed by atoms with van der Waals surface area (Å²) in [4.78, 5) is 24.9. The maximum Gasteiger partial charge on any atom is 0.416 e. The van der Waals surface area contributed by atoms with E-state index in [4.69, 9.17) is 0 Å². The first-order chi connectivity index (χ1) is 19.7. The lowest BCUT2D eigenvalue weighted by molar-refractivity contribution is -0.138. The van der Waals surface area contributed by atoms with Crippen LogP contribution in [0, 0.1) is 13.8 Å². The van der Waals surface area contributed by atoms with Crippen LogP contribution in [0.15, 0.2) is 85.3 Å². The van der Waals surface area contributed by atoms with Crippen molar-refractivity contribution in [3.8, 4) is 0 Å². The number of carbonyl (C=O) groups excluding carboxylic acids is 1. The number of hydrogen-bond donors (Lipinski definition) is 2. The molecule has 2 amide bonds. The van der Waals surface area contributed by atoms with E-state index >= 15 is 0 Å². The molecular weight excluding hydrogens is 527 g/mol. The van der Waals surface area contributed by atoms with Gasteiger partial charge in [0.2, 0.25) is 0 Å². The molecule has 0 aliphatic carbocycles. The summed E-state index contributed by atoms with van der Waals surface area (Å²) in [5, 5.41) is 3.04. The van der Waals surface area contributed by atoms with Crippen LogP contribution in [0.4, 0.5) is 23.7 Å². The molecule has 1 aromatic heterocycles. The minimum absolute atomic E-state index is 0.0410. The number of H-pyrrole nitrogens is 1. The first kappa shape index (κ1) is 28.4. The van der Waals surface area contributed by atoms with Gasteiger partial charge in [0.15, 0.2) is 0 Å². The average Bonchev–Trinajstić information content (AvgIpc) is 3.48. The van der Waals surface area contributed by atoms with Crippen LogP contribution < -0.4 is 5.32 Å². The Kier molecular flexibility index (Phi) is 8.44. The molecule has 1 aliphatic rings. The van der Waals surface area contributed by atoms with Crippen molar-refractivity contribution in [1.82, 2.24) is 19.8 Å². The quantitative estimate of drug-likeness (QED) is 0.248. The van der Waals surface area contributed by atoms with Crippen LogP contribution in [0.1, 0.15) is 52.4 Å². The Hall–Kier alpha value is -4.11. The molecule has 0 radical (unpaired) electrons. The van der Waals surface area contributed by atoms with E-state index in [-0.39, 0.29) is 17.6 Å². The number of aryl methyl sites for hydroxylation is 2. The Labute approximate surface area is 238 Å². The number of imidazole rings is 1. The first-order valence-corrected chi connectivity index (χ1v) is 13.8. The number of hydrogen-bond acceptors (Lipinski definition) is 3. The van der Waals surface area contributed by atoms with E-state index in [1.807, 2.05) is 66.4 Å². The number of nitrogens with zero attached hydrogens (tertiary/aromatic N) is 3. The van der Waals surface area contributed by atoms with Crippen molar-refractivity contribution in [3.63, 3.8) is 0 Å². The number of carbonyl (C=O) groups is 1. The summed E-state index contributed by atoms with van der Waals surface area (Å²) < 4.78 is 41.3. The number of rotatable bonds is 7. The normalized spacial score (nSPS) is 15.4. The number of alkyl halides is 3. The Morgan fingerprint density at radius 2 is 1.73 bits per heavy atom. The third-order valence-corrected chi connectivity index (χ3v) is 7.89. The highest BCUT2D eigenvalue weighted by molar-refractivity contribution is 5.89. The zero-order chi connectivity index (χ0) is 29.0. The van der Waals surface area contributed by atoms with E-state index in [9.17, 15) is 18.0 Å². The topological polar surface area (TPSA) is 64.3 Å². The molecule has 1 atom stereocenters. The van der Waals surface area contributed by atoms with E-state index < -0.39 is 17.8 Å². The third-order valence-electron chi connectivity index (χ3n) is 7.89. The smallest absolute Gasteiger partial charge is 0.347 e. The maximum absolute atomic E-state index is 13.8. The molecule has 1 fully saturated rings. The van der Waals surface area contributed by atoms with Gasteiger partial charge in [-0.2, -0.15) is 13.2 Å². The first-order valence-electron chi connectivity index (χ1n) is 13.8. The van der Waals surface area contributed by atoms with Gasteiger partial charge in [0, 0.05) is 37.6 Å². The minimum atomic E-state index is -4.44. The third kappa shape index (κ3) is 6.62. The number of para-hydroxylation sites is 1. The monoisotopic (exact) mass is 561 g/mol. The summed E-state index contributed by atoms with van der Waals surface area (Å²) in [6.07, 6.45) is 0.134. The summed E-state index contributed by atoms with van der Waals surface area (Å²) in [6.45, 7) is 5.19. The van der Waals surface area contributed by atoms with Crippen molar-refractivity contribution in [2.75, 3.05) is 18.4 Å². The molecule has 2 heterocycles. The van der Waals surface area contributed by atoms with Gasteiger partial charge in [-0.15, -0.1) is 0 Å². The highest BCUT2D eigenvalue weighted by Gasteiger charge is 2.36. The summed E-state index contributed by atoms with van der Waals surface area (Å²) in [5.41, 5.74) is 3.78. The van der Waals surface area contributed by atoms with Gasteiger partial charge in [-0.3, -0.25) is 4.90 Å². The number of urea groups is 1. The number of nitrogens with one attached hydrogen (secondary N) is 2. The van der Waals surface area contributed by atoms with Gasteiger partial charge in [0.05, 0.1) is 23.6 Å².